The Balaban J connectivity index is 1.49. The summed E-state index contributed by atoms with van der Waals surface area (Å²) >= 11 is 1.40. The van der Waals surface area contributed by atoms with Gasteiger partial charge >= 0.3 is 18.0 Å². The zero-order valence-electron chi connectivity index (χ0n) is 17.3. The fraction of sp³-hybridized carbons (Fsp3) is 0.318. The van der Waals surface area contributed by atoms with Crippen LogP contribution >= 0.6 is 11.3 Å². The zero-order chi connectivity index (χ0) is 22.5. The molecule has 0 bridgehead atoms. The van der Waals surface area contributed by atoms with Gasteiger partial charge in [-0.1, -0.05) is 12.1 Å². The molecule has 1 atom stereocenters. The van der Waals surface area contributed by atoms with E-state index in [4.69, 9.17) is 18.9 Å². The maximum atomic E-state index is 12.7. The van der Waals surface area contributed by atoms with E-state index in [0.717, 1.165) is 4.88 Å². The summed E-state index contributed by atoms with van der Waals surface area (Å²) in [6.07, 6.45) is -0.000784. The number of carbonyl (C=O) groups is 3. The molecule has 1 unspecified atom stereocenters. The Kier molecular flexibility index (Phi) is 6.60. The van der Waals surface area contributed by atoms with Gasteiger partial charge in [0, 0.05) is 4.88 Å². The predicted molar refractivity (Wildman–Crippen MR) is 114 cm³/mol. The van der Waals surface area contributed by atoms with Crippen LogP contribution in [0, 0.1) is 0 Å². The number of amides is 2. The molecule has 168 valence electrons. The van der Waals surface area contributed by atoms with Gasteiger partial charge in [-0.3, -0.25) is 4.79 Å². The average molecular weight is 458 g/mol. The number of hydrogen-bond acceptors (Lipinski definition) is 8. The Hall–Kier alpha value is -3.53. The molecule has 0 saturated carbocycles. The van der Waals surface area contributed by atoms with Crippen molar-refractivity contribution < 1.29 is 33.3 Å². The zero-order valence-corrected chi connectivity index (χ0v) is 18.2. The van der Waals surface area contributed by atoms with E-state index in [2.05, 4.69) is 10.6 Å². The number of fused-ring (bicyclic) bond motifs is 1. The fourth-order valence-electron chi connectivity index (χ4n) is 3.42. The minimum atomic E-state index is -0.686. The minimum absolute atomic E-state index is 0.000784. The third kappa shape index (κ3) is 4.86. The summed E-state index contributed by atoms with van der Waals surface area (Å²) in [5, 5.41) is 7.15. The van der Waals surface area contributed by atoms with Gasteiger partial charge in [-0.25, -0.2) is 9.59 Å². The highest BCUT2D eigenvalue weighted by Gasteiger charge is 2.34. The molecule has 2 aromatic rings. The third-order valence-corrected chi connectivity index (χ3v) is 5.75. The molecule has 0 saturated heterocycles. The number of thiophene rings is 1. The number of hydrogen-bond donors (Lipinski definition) is 2. The van der Waals surface area contributed by atoms with Crippen molar-refractivity contribution in [2.75, 3.05) is 26.4 Å². The van der Waals surface area contributed by atoms with Gasteiger partial charge in [0.2, 0.25) is 0 Å². The first-order valence-corrected chi connectivity index (χ1v) is 11.0. The largest absolute Gasteiger partial charge is 0.486 e. The van der Waals surface area contributed by atoms with Crippen LogP contribution in [0.5, 0.6) is 11.5 Å². The molecule has 1 aromatic heterocycles. The molecular formula is C22H22N2O7S. The molecule has 4 rings (SSSR count). The van der Waals surface area contributed by atoms with Crippen LogP contribution in [0.1, 0.15) is 23.4 Å². The van der Waals surface area contributed by atoms with Gasteiger partial charge in [0.25, 0.3) is 0 Å². The van der Waals surface area contributed by atoms with Crippen LogP contribution in [0.4, 0.5) is 4.79 Å². The van der Waals surface area contributed by atoms with Crippen molar-refractivity contribution >= 4 is 29.3 Å². The van der Waals surface area contributed by atoms with Crippen LogP contribution in [0.15, 0.2) is 47.0 Å². The second kappa shape index (κ2) is 9.73. The maximum absolute atomic E-state index is 12.7. The van der Waals surface area contributed by atoms with E-state index >= 15 is 0 Å². The molecule has 1 aromatic carbocycles. The summed E-state index contributed by atoms with van der Waals surface area (Å²) in [5.74, 6) is 0.113. The Morgan fingerprint density at radius 3 is 2.72 bits per heavy atom. The van der Waals surface area contributed by atoms with E-state index in [0.29, 0.717) is 30.3 Å². The van der Waals surface area contributed by atoms with E-state index in [1.807, 2.05) is 17.5 Å². The molecule has 10 heteroatoms. The van der Waals surface area contributed by atoms with E-state index < -0.39 is 24.0 Å². The minimum Gasteiger partial charge on any atom is -0.486 e. The predicted octanol–water partition coefficient (Wildman–Crippen LogP) is 2.48. The monoisotopic (exact) mass is 458 g/mol. The van der Waals surface area contributed by atoms with E-state index in [1.165, 1.54) is 11.3 Å². The van der Waals surface area contributed by atoms with Crippen LogP contribution in [-0.4, -0.2) is 44.4 Å². The molecule has 0 fully saturated rings. The van der Waals surface area contributed by atoms with Crippen LogP contribution < -0.4 is 20.1 Å². The van der Waals surface area contributed by atoms with Crippen LogP contribution in [0.25, 0.3) is 0 Å². The lowest BCUT2D eigenvalue weighted by atomic mass is 10.0. The number of rotatable bonds is 7. The SMILES string of the molecule is CCOC(=O)C1=C(COC(=O)Cc2ccc3c(c2)OCCO3)NC(=O)NC1c1cccs1. The Bertz CT molecular complexity index is 1050. The van der Waals surface area contributed by atoms with Crippen LogP contribution in [-0.2, 0) is 25.5 Å². The maximum Gasteiger partial charge on any atom is 0.338 e. The quantitative estimate of drug-likeness (QED) is 0.613. The molecule has 2 aliphatic heterocycles. The van der Waals surface area contributed by atoms with Gasteiger partial charge in [0.15, 0.2) is 11.5 Å². The average Bonchev–Trinajstić information content (AvgIpc) is 3.32. The standard InChI is InChI=1S/C22H22N2O7S/c1-2-28-21(26)19-14(23-22(27)24-20(19)17-4-3-9-32-17)12-31-18(25)11-13-5-6-15-16(10-13)30-8-7-29-15/h3-6,9-10,20H,2,7-8,11-12H2,1H3,(H2,23,24,27). The number of nitrogens with one attached hydrogen (secondary N) is 2. The summed E-state index contributed by atoms with van der Waals surface area (Å²) in [6.45, 7) is 2.53. The number of urea groups is 1. The van der Waals surface area contributed by atoms with Crippen molar-refractivity contribution in [2.45, 2.75) is 19.4 Å². The second-order valence-corrected chi connectivity index (χ2v) is 7.95. The molecule has 0 spiro atoms. The first-order chi connectivity index (χ1) is 15.5. The Morgan fingerprint density at radius 2 is 1.97 bits per heavy atom. The molecule has 2 aliphatic rings. The van der Waals surface area contributed by atoms with Crippen LogP contribution in [0.3, 0.4) is 0 Å². The normalized spacial score (nSPS) is 17.3. The van der Waals surface area contributed by atoms with Gasteiger partial charge in [-0.2, -0.15) is 0 Å². The van der Waals surface area contributed by atoms with Crippen molar-refractivity contribution in [3.63, 3.8) is 0 Å². The van der Waals surface area contributed by atoms with E-state index in [9.17, 15) is 14.4 Å². The first-order valence-electron chi connectivity index (χ1n) is 10.1. The summed E-state index contributed by atoms with van der Waals surface area (Å²) < 4.78 is 21.6. The van der Waals surface area contributed by atoms with Crippen molar-refractivity contribution in [1.82, 2.24) is 10.6 Å². The highest BCUT2D eigenvalue weighted by atomic mass is 32.1. The van der Waals surface area contributed by atoms with Crippen molar-refractivity contribution in [3.8, 4) is 11.5 Å². The smallest absolute Gasteiger partial charge is 0.338 e. The lowest BCUT2D eigenvalue weighted by Gasteiger charge is -2.28. The van der Waals surface area contributed by atoms with Crippen molar-refractivity contribution in [2.24, 2.45) is 0 Å². The highest BCUT2D eigenvalue weighted by Crippen LogP contribution is 2.32. The summed E-state index contributed by atoms with van der Waals surface area (Å²) in [5.41, 5.74) is 1.10. The van der Waals surface area contributed by atoms with E-state index in [-0.39, 0.29) is 30.9 Å². The van der Waals surface area contributed by atoms with Crippen molar-refractivity contribution in [1.29, 1.82) is 0 Å². The third-order valence-electron chi connectivity index (χ3n) is 4.81. The Morgan fingerprint density at radius 1 is 1.16 bits per heavy atom. The van der Waals surface area contributed by atoms with Crippen molar-refractivity contribution in [3.05, 3.63) is 57.4 Å². The highest BCUT2D eigenvalue weighted by molar-refractivity contribution is 7.10. The molecule has 9 nitrogen and oxygen atoms in total. The molecule has 0 radical (unpaired) electrons. The van der Waals surface area contributed by atoms with Crippen LogP contribution in [0.2, 0.25) is 0 Å². The molecule has 32 heavy (non-hydrogen) atoms. The van der Waals surface area contributed by atoms with Gasteiger partial charge < -0.3 is 29.6 Å². The van der Waals surface area contributed by atoms with Gasteiger partial charge in [-0.05, 0) is 36.1 Å². The molecule has 2 amide bonds. The first kappa shape index (κ1) is 21.7. The molecule has 3 heterocycles. The second-order valence-electron chi connectivity index (χ2n) is 6.98. The summed E-state index contributed by atoms with van der Waals surface area (Å²) in [4.78, 5) is 38.1. The fourth-order valence-corrected chi connectivity index (χ4v) is 4.20. The van der Waals surface area contributed by atoms with Gasteiger partial charge in [-0.15, -0.1) is 11.3 Å². The summed E-state index contributed by atoms with van der Waals surface area (Å²) in [6, 6.07) is 7.70. The lowest BCUT2D eigenvalue weighted by Crippen LogP contribution is -2.47. The lowest BCUT2D eigenvalue weighted by molar-refractivity contribution is -0.143. The molecule has 0 aliphatic carbocycles. The van der Waals surface area contributed by atoms with Gasteiger partial charge in [0.05, 0.1) is 30.3 Å². The topological polar surface area (TPSA) is 112 Å². The number of ether oxygens (including phenoxy) is 4. The summed E-state index contributed by atoms with van der Waals surface area (Å²) in [7, 11) is 0. The molecule has 2 N–H and O–H groups in total. The number of esters is 2. The number of benzene rings is 1. The van der Waals surface area contributed by atoms with E-state index in [1.54, 1.807) is 25.1 Å². The Labute approximate surface area is 188 Å². The van der Waals surface area contributed by atoms with Gasteiger partial charge in [0.1, 0.15) is 19.8 Å². The number of carbonyl (C=O) groups excluding carboxylic acids is 3. The molecular weight excluding hydrogens is 436 g/mol.